The summed E-state index contributed by atoms with van der Waals surface area (Å²) in [6.07, 6.45) is 6.71. The Hall–Kier alpha value is -1.84. The molecular formula is C17H19N2O2-. The van der Waals surface area contributed by atoms with Gasteiger partial charge in [-0.3, -0.25) is 5.43 Å². The van der Waals surface area contributed by atoms with Gasteiger partial charge in [-0.15, -0.1) is 0 Å². The van der Waals surface area contributed by atoms with Crippen molar-refractivity contribution in [2.75, 3.05) is 5.43 Å². The van der Waals surface area contributed by atoms with Gasteiger partial charge in [0, 0.05) is 5.71 Å². The van der Waals surface area contributed by atoms with Crippen molar-refractivity contribution in [2.45, 2.75) is 32.1 Å². The number of hydrazone groups is 1. The van der Waals surface area contributed by atoms with Crippen LogP contribution in [0.5, 0.6) is 0 Å². The average Bonchev–Trinajstić information content (AvgIpc) is 2.46. The molecular weight excluding hydrogens is 264 g/mol. The number of carboxylic acid groups (broad SMARTS) is 1. The molecule has 0 atom stereocenters. The molecule has 0 saturated heterocycles. The molecule has 5 rings (SSSR count). The van der Waals surface area contributed by atoms with Gasteiger partial charge < -0.3 is 9.90 Å². The van der Waals surface area contributed by atoms with E-state index in [1.165, 1.54) is 37.8 Å². The van der Waals surface area contributed by atoms with E-state index in [1.807, 2.05) is 0 Å². The number of carboxylic acids is 1. The van der Waals surface area contributed by atoms with Crippen molar-refractivity contribution >= 4 is 17.4 Å². The average molecular weight is 283 g/mol. The van der Waals surface area contributed by atoms with Gasteiger partial charge in [0.25, 0.3) is 0 Å². The van der Waals surface area contributed by atoms with E-state index in [1.54, 1.807) is 24.3 Å². The minimum Gasteiger partial charge on any atom is -0.545 e. The standard InChI is InChI=1S/C17H20N2O2/c20-17(21)12-1-3-15(4-2-12)18-19-16-13-6-10-5-11(8-13)9-14(16)7-10/h1-4,10-11,13-14,18H,5-9H2,(H,20,21)/p-1. The zero-order valence-electron chi connectivity index (χ0n) is 11.9. The van der Waals surface area contributed by atoms with Crippen LogP contribution in [0.2, 0.25) is 0 Å². The fourth-order valence-electron chi connectivity index (χ4n) is 4.66. The van der Waals surface area contributed by atoms with Crippen LogP contribution in [0, 0.1) is 23.7 Å². The first kappa shape index (κ1) is 12.9. The van der Waals surface area contributed by atoms with E-state index in [-0.39, 0.29) is 5.56 Å². The van der Waals surface area contributed by atoms with Crippen LogP contribution in [0.15, 0.2) is 29.4 Å². The lowest BCUT2D eigenvalue weighted by atomic mass is 9.55. The van der Waals surface area contributed by atoms with Crippen LogP contribution in [-0.2, 0) is 0 Å². The Kier molecular flexibility index (Phi) is 2.98. The number of nitrogens with zero attached hydrogens (tertiary/aromatic N) is 1. The number of rotatable bonds is 3. The van der Waals surface area contributed by atoms with Gasteiger partial charge in [0.1, 0.15) is 0 Å². The van der Waals surface area contributed by atoms with E-state index in [4.69, 9.17) is 0 Å². The molecule has 0 amide bonds. The molecule has 0 unspecified atom stereocenters. The molecule has 4 bridgehead atoms. The molecule has 0 aliphatic heterocycles. The number of aromatic carboxylic acids is 1. The van der Waals surface area contributed by atoms with Crippen molar-refractivity contribution in [2.24, 2.45) is 28.8 Å². The highest BCUT2D eigenvalue weighted by molar-refractivity contribution is 5.91. The van der Waals surface area contributed by atoms with Crippen LogP contribution < -0.4 is 10.5 Å². The summed E-state index contributed by atoms with van der Waals surface area (Å²) in [5.74, 6) is 2.09. The van der Waals surface area contributed by atoms with Crippen molar-refractivity contribution in [3.05, 3.63) is 29.8 Å². The number of nitrogens with one attached hydrogen (secondary N) is 1. The zero-order chi connectivity index (χ0) is 14.4. The first-order valence-electron chi connectivity index (χ1n) is 7.84. The van der Waals surface area contributed by atoms with Gasteiger partial charge in [-0.25, -0.2) is 0 Å². The molecule has 4 saturated carbocycles. The number of anilines is 1. The van der Waals surface area contributed by atoms with Gasteiger partial charge in [-0.05, 0) is 73.5 Å². The monoisotopic (exact) mass is 283 g/mol. The second-order valence-electron chi connectivity index (χ2n) is 6.82. The molecule has 0 aromatic heterocycles. The predicted molar refractivity (Wildman–Crippen MR) is 78.9 cm³/mol. The van der Waals surface area contributed by atoms with E-state index < -0.39 is 5.97 Å². The quantitative estimate of drug-likeness (QED) is 0.865. The summed E-state index contributed by atoms with van der Waals surface area (Å²) < 4.78 is 0. The molecule has 1 aromatic carbocycles. The van der Waals surface area contributed by atoms with E-state index in [0.717, 1.165) is 17.5 Å². The van der Waals surface area contributed by atoms with Crippen LogP contribution in [0.4, 0.5) is 5.69 Å². The summed E-state index contributed by atoms with van der Waals surface area (Å²) in [6.45, 7) is 0. The molecule has 4 aliphatic rings. The van der Waals surface area contributed by atoms with Crippen molar-refractivity contribution in [1.82, 2.24) is 0 Å². The topological polar surface area (TPSA) is 64.5 Å². The zero-order valence-corrected chi connectivity index (χ0v) is 11.9. The molecule has 0 radical (unpaired) electrons. The maximum atomic E-state index is 10.7. The van der Waals surface area contributed by atoms with Crippen molar-refractivity contribution < 1.29 is 9.90 Å². The van der Waals surface area contributed by atoms with Gasteiger partial charge in [0.15, 0.2) is 0 Å². The maximum Gasteiger partial charge on any atom is 0.0715 e. The molecule has 4 nitrogen and oxygen atoms in total. The second kappa shape index (κ2) is 4.86. The van der Waals surface area contributed by atoms with Crippen molar-refractivity contribution in [3.8, 4) is 0 Å². The van der Waals surface area contributed by atoms with Crippen LogP contribution in [-0.4, -0.2) is 11.7 Å². The molecule has 21 heavy (non-hydrogen) atoms. The Morgan fingerprint density at radius 2 is 1.57 bits per heavy atom. The Morgan fingerprint density at radius 1 is 1.00 bits per heavy atom. The smallest absolute Gasteiger partial charge is 0.0715 e. The SMILES string of the molecule is O=C([O-])c1ccc(NN=C2C3CC4CC(C3)CC2C4)cc1. The van der Waals surface area contributed by atoms with Gasteiger partial charge in [-0.2, -0.15) is 5.10 Å². The fraction of sp³-hybridized carbons (Fsp3) is 0.529. The summed E-state index contributed by atoms with van der Waals surface area (Å²) in [5.41, 5.74) is 5.50. The normalized spacial score (nSPS) is 33.0. The maximum absolute atomic E-state index is 10.7. The summed E-state index contributed by atoms with van der Waals surface area (Å²) in [4.78, 5) is 10.7. The van der Waals surface area contributed by atoms with Crippen molar-refractivity contribution in [3.63, 3.8) is 0 Å². The van der Waals surface area contributed by atoms with E-state index in [9.17, 15) is 9.90 Å². The lowest BCUT2D eigenvalue weighted by molar-refractivity contribution is -0.255. The van der Waals surface area contributed by atoms with Gasteiger partial charge in [0.2, 0.25) is 0 Å². The molecule has 110 valence electrons. The Morgan fingerprint density at radius 3 is 2.10 bits per heavy atom. The van der Waals surface area contributed by atoms with Gasteiger partial charge in [-0.1, -0.05) is 12.1 Å². The summed E-state index contributed by atoms with van der Waals surface area (Å²) in [5, 5.41) is 15.4. The third kappa shape index (κ3) is 2.33. The number of carbonyl (C=O) groups excluding carboxylic acids is 1. The minimum absolute atomic E-state index is 0.197. The first-order chi connectivity index (χ1) is 10.2. The van der Waals surface area contributed by atoms with Gasteiger partial charge in [0.05, 0.1) is 11.7 Å². The number of carbonyl (C=O) groups is 1. The van der Waals surface area contributed by atoms with Crippen LogP contribution in [0.3, 0.4) is 0 Å². The highest BCUT2D eigenvalue weighted by Gasteiger charge is 2.46. The molecule has 4 fully saturated rings. The lowest BCUT2D eigenvalue weighted by Gasteiger charge is -2.50. The largest absolute Gasteiger partial charge is 0.545 e. The molecule has 1 aromatic rings. The van der Waals surface area contributed by atoms with Crippen LogP contribution >= 0.6 is 0 Å². The second-order valence-corrected chi connectivity index (χ2v) is 6.82. The predicted octanol–water partition coefficient (Wildman–Crippen LogP) is 2.27. The first-order valence-corrected chi connectivity index (χ1v) is 7.84. The number of benzene rings is 1. The van der Waals surface area contributed by atoms with Crippen molar-refractivity contribution in [1.29, 1.82) is 0 Å². The Labute approximate surface area is 124 Å². The Bertz CT molecular complexity index is 561. The van der Waals surface area contributed by atoms with Crippen LogP contribution in [0.25, 0.3) is 0 Å². The summed E-state index contributed by atoms with van der Waals surface area (Å²) >= 11 is 0. The molecule has 0 heterocycles. The summed E-state index contributed by atoms with van der Waals surface area (Å²) in [6, 6.07) is 6.58. The van der Waals surface area contributed by atoms with Gasteiger partial charge >= 0.3 is 0 Å². The molecule has 0 spiro atoms. The fourth-order valence-corrected chi connectivity index (χ4v) is 4.66. The van der Waals surface area contributed by atoms with E-state index >= 15 is 0 Å². The number of hydrogen-bond donors (Lipinski definition) is 1. The molecule has 4 heteroatoms. The summed E-state index contributed by atoms with van der Waals surface area (Å²) in [7, 11) is 0. The Balaban J connectivity index is 1.49. The number of hydrogen-bond acceptors (Lipinski definition) is 4. The highest BCUT2D eigenvalue weighted by atomic mass is 16.4. The van der Waals surface area contributed by atoms with E-state index in [2.05, 4.69) is 10.5 Å². The third-order valence-corrected chi connectivity index (χ3v) is 5.41. The third-order valence-electron chi connectivity index (χ3n) is 5.41. The molecule has 1 N–H and O–H groups in total. The van der Waals surface area contributed by atoms with E-state index in [0.29, 0.717) is 11.8 Å². The molecule has 4 aliphatic carbocycles. The minimum atomic E-state index is -1.14. The van der Waals surface area contributed by atoms with Crippen LogP contribution in [0.1, 0.15) is 42.5 Å². The lowest BCUT2D eigenvalue weighted by Crippen LogP contribution is -2.45. The highest BCUT2D eigenvalue weighted by Crippen LogP contribution is 2.52.